The van der Waals surface area contributed by atoms with E-state index in [4.69, 9.17) is 25.9 Å². The normalized spacial score (nSPS) is 29.6. The summed E-state index contributed by atoms with van der Waals surface area (Å²) in [5, 5.41) is 27.1. The van der Waals surface area contributed by atoms with Gasteiger partial charge >= 0.3 is 5.97 Å². The molecule has 3 spiro atoms. The van der Waals surface area contributed by atoms with Gasteiger partial charge in [0.1, 0.15) is 16.8 Å². The summed E-state index contributed by atoms with van der Waals surface area (Å²) in [5.41, 5.74) is 15.8. The Balaban J connectivity index is 1.10. The van der Waals surface area contributed by atoms with Crippen molar-refractivity contribution in [2.75, 3.05) is 24.6 Å². The fourth-order valence-corrected chi connectivity index (χ4v) is 17.0. The van der Waals surface area contributed by atoms with Crippen LogP contribution in [0, 0.1) is 16.2 Å². The highest BCUT2D eigenvalue weighted by Gasteiger charge is 2.57. The van der Waals surface area contributed by atoms with E-state index in [0.29, 0.717) is 86.5 Å². The smallest absolute Gasteiger partial charge is 0.302 e. The Labute approximate surface area is 395 Å². The van der Waals surface area contributed by atoms with E-state index in [1.165, 1.54) is 71.1 Å². The fourth-order valence-electron chi connectivity index (χ4n) is 12.8. The second-order valence-corrected chi connectivity index (χ2v) is 23.7. The van der Waals surface area contributed by atoms with Crippen LogP contribution in [0.4, 0.5) is 5.82 Å². The number of hydrogen-bond donors (Lipinski definition) is 5. The molecule has 1 aromatic carbocycles. The van der Waals surface area contributed by atoms with Crippen LogP contribution in [-0.2, 0) is 33.7 Å². The summed E-state index contributed by atoms with van der Waals surface area (Å²) in [4.78, 5) is 37.6. The maximum absolute atomic E-state index is 14.2. The van der Waals surface area contributed by atoms with Crippen LogP contribution in [-0.4, -0.2) is 80.0 Å². The first-order valence-corrected chi connectivity index (χ1v) is 27.4. The Morgan fingerprint density at radius 3 is 2.38 bits per heavy atom. The van der Waals surface area contributed by atoms with Crippen LogP contribution in [0.25, 0.3) is 0 Å². The molecular formula is C51H76N6O6S2. The van der Waals surface area contributed by atoms with Gasteiger partial charge in [0.2, 0.25) is 5.91 Å². The van der Waals surface area contributed by atoms with Gasteiger partial charge in [-0.15, -0.1) is 0 Å². The van der Waals surface area contributed by atoms with E-state index in [1.54, 1.807) is 6.20 Å². The second-order valence-electron chi connectivity index (χ2n) is 21.1. The van der Waals surface area contributed by atoms with E-state index in [1.807, 2.05) is 40.0 Å². The summed E-state index contributed by atoms with van der Waals surface area (Å²) in [5.74, 6) is 2.22. The van der Waals surface area contributed by atoms with Gasteiger partial charge in [-0.05, 0) is 144 Å². The number of nitrogens with two attached hydrogens (primary N) is 2. The van der Waals surface area contributed by atoms with Gasteiger partial charge in [0, 0.05) is 67.7 Å². The SMILES string of the molecule is CC(=O)O[C@@H]1CCc2cc(c(O)c(OC3CCCC3)c2)CN2C[C@@](Cc3ccnc(N)c3)(CCN=C(N)N[C@]3(CCCC34CCCC4)SSCC3(CCCC[C@H](O)C1)CCCC3)CC2=O. The van der Waals surface area contributed by atoms with Crippen molar-refractivity contribution in [1.82, 2.24) is 15.2 Å². The lowest BCUT2D eigenvalue weighted by molar-refractivity contribution is -0.148. The Morgan fingerprint density at radius 2 is 1.63 bits per heavy atom. The number of phenolic OH excluding ortho intramolecular Hbond substituents is 1. The monoisotopic (exact) mass is 933 g/mol. The summed E-state index contributed by atoms with van der Waals surface area (Å²) in [6.45, 7) is 2.61. The summed E-state index contributed by atoms with van der Waals surface area (Å²) in [6, 6.07) is 7.76. The maximum Gasteiger partial charge on any atom is 0.302 e. The number of fused-ring (bicyclic) bond motifs is 5. The number of aromatic nitrogens is 1. The zero-order chi connectivity index (χ0) is 45.5. The number of esters is 1. The van der Waals surface area contributed by atoms with Crippen LogP contribution in [0.3, 0.4) is 0 Å². The highest BCUT2D eigenvalue weighted by Crippen LogP contribution is 2.64. The largest absolute Gasteiger partial charge is 0.504 e. The fraction of sp³-hybridized carbons (Fsp3) is 0.725. The molecule has 4 atom stereocenters. The van der Waals surface area contributed by atoms with E-state index < -0.39 is 17.6 Å². The first-order chi connectivity index (χ1) is 31.4. The summed E-state index contributed by atoms with van der Waals surface area (Å²) < 4.78 is 12.3. The number of pyridine rings is 1. The van der Waals surface area contributed by atoms with Crippen molar-refractivity contribution in [3.05, 3.63) is 47.2 Å². The maximum atomic E-state index is 14.2. The Bertz CT molecular complexity index is 1980. The number of aryl methyl sites for hydroxylation is 1. The van der Waals surface area contributed by atoms with E-state index in [2.05, 4.69) is 21.1 Å². The van der Waals surface area contributed by atoms with Crippen LogP contribution in [0.1, 0.15) is 171 Å². The first kappa shape index (κ1) is 48.1. The summed E-state index contributed by atoms with van der Waals surface area (Å²) >= 11 is 0. The topological polar surface area (TPSA) is 186 Å². The van der Waals surface area contributed by atoms with Crippen molar-refractivity contribution in [3.8, 4) is 11.5 Å². The number of phenols is 1. The molecule has 0 radical (unpaired) electrons. The number of aliphatic imine (C=N–C) groups is 1. The minimum absolute atomic E-state index is 0.0199. The Hall–Kier alpha value is -3.36. The number of guanidine groups is 1. The van der Waals surface area contributed by atoms with Crippen LogP contribution >= 0.6 is 21.6 Å². The molecule has 65 heavy (non-hydrogen) atoms. The predicted molar refractivity (Wildman–Crippen MR) is 261 cm³/mol. The summed E-state index contributed by atoms with van der Waals surface area (Å²) in [7, 11) is 4.10. The standard InChI is InChI=1S/C51H76N6O6S2/c1-36(58)62-42-15-14-37-27-39(46(61)43(28-37)63-41-12-2-3-13-41)33-57-34-49(32-45(57)60,31-38-16-25-54-44(52)29-38)24-26-55-47(53)56-51(23-10-22-50(51)20-8-9-21-50)65-64-35-48(18-6-7-19-48)17-5-4-11-40(59)30-42/h16,25,27-29,40-42,59,61H,2-15,17-24,26,30-35H2,1H3,(H2,52,54)(H3,53,55,56)/t40-,42+,49+,51+/m0/s1. The molecule has 8 rings (SSSR count). The van der Waals surface area contributed by atoms with Crippen LogP contribution in [0.2, 0.25) is 0 Å². The van der Waals surface area contributed by atoms with Gasteiger partial charge in [0.15, 0.2) is 17.5 Å². The van der Waals surface area contributed by atoms with Crippen LogP contribution in [0.15, 0.2) is 35.5 Å². The van der Waals surface area contributed by atoms with Gasteiger partial charge in [0.05, 0.1) is 12.2 Å². The molecule has 3 heterocycles. The number of aromatic hydroxyl groups is 1. The number of ether oxygens (including phenoxy) is 2. The molecule has 4 bridgehead atoms. The number of anilines is 1. The van der Waals surface area contributed by atoms with E-state index in [0.717, 1.165) is 68.2 Å². The molecule has 0 unspecified atom stereocenters. The molecule has 1 saturated heterocycles. The molecule has 12 nitrogen and oxygen atoms in total. The average molecular weight is 933 g/mol. The lowest BCUT2D eigenvalue weighted by atomic mass is 9.78. The van der Waals surface area contributed by atoms with Gasteiger partial charge in [-0.3, -0.25) is 14.6 Å². The second kappa shape index (κ2) is 21.3. The van der Waals surface area contributed by atoms with E-state index >= 15 is 0 Å². The number of benzene rings is 1. The first-order valence-electron chi connectivity index (χ1n) is 25.1. The molecule has 4 saturated carbocycles. The van der Waals surface area contributed by atoms with Crippen molar-refractivity contribution in [1.29, 1.82) is 0 Å². The molecule has 14 heteroatoms. The number of aliphatic hydroxyl groups is 1. The third-order valence-electron chi connectivity index (χ3n) is 16.2. The lowest BCUT2D eigenvalue weighted by Crippen LogP contribution is -2.55. The number of hydrogen-bond acceptors (Lipinski definition) is 13. The zero-order valence-corrected chi connectivity index (χ0v) is 40.6. The van der Waals surface area contributed by atoms with Gasteiger partial charge in [-0.25, -0.2) is 4.98 Å². The molecule has 2 aromatic rings. The minimum atomic E-state index is -0.577. The number of nitrogens with one attached hydrogen (secondary N) is 1. The Kier molecular flexibility index (Phi) is 15.8. The van der Waals surface area contributed by atoms with Crippen molar-refractivity contribution in [2.45, 2.75) is 197 Å². The number of nitrogen functional groups attached to an aromatic ring is 1. The van der Waals surface area contributed by atoms with Crippen molar-refractivity contribution >= 4 is 45.2 Å². The molecule has 1 amide bonds. The minimum Gasteiger partial charge on any atom is -0.504 e. The average Bonchev–Trinajstić information content (AvgIpc) is 4.12. The number of carbonyl (C=O) groups excluding carboxylic acids is 2. The van der Waals surface area contributed by atoms with Gasteiger partial charge < -0.3 is 41.4 Å². The highest BCUT2D eigenvalue weighted by molar-refractivity contribution is 8.77. The number of rotatable bonds is 5. The molecule has 2 aliphatic heterocycles. The number of amides is 1. The Morgan fingerprint density at radius 1 is 0.908 bits per heavy atom. The molecule has 7 N–H and O–H groups in total. The third-order valence-corrected chi connectivity index (χ3v) is 19.6. The van der Waals surface area contributed by atoms with Crippen molar-refractivity contribution in [3.63, 3.8) is 0 Å². The van der Waals surface area contributed by atoms with Crippen molar-refractivity contribution in [2.24, 2.45) is 27.0 Å². The molecule has 4 aliphatic carbocycles. The molecular weight excluding hydrogens is 857 g/mol. The number of carbonyl (C=O) groups is 2. The van der Waals surface area contributed by atoms with Crippen LogP contribution < -0.4 is 21.5 Å². The lowest BCUT2D eigenvalue weighted by Gasteiger charge is -2.44. The highest BCUT2D eigenvalue weighted by atomic mass is 33.1. The van der Waals surface area contributed by atoms with Gasteiger partial charge in [-0.2, -0.15) is 0 Å². The third kappa shape index (κ3) is 11.9. The molecule has 6 aliphatic rings. The van der Waals surface area contributed by atoms with Gasteiger partial charge in [0.25, 0.3) is 0 Å². The van der Waals surface area contributed by atoms with Crippen LogP contribution in [0.5, 0.6) is 11.5 Å². The summed E-state index contributed by atoms with van der Waals surface area (Å²) in [6.07, 6.45) is 25.1. The predicted octanol–water partition coefficient (Wildman–Crippen LogP) is 9.52. The van der Waals surface area contributed by atoms with Crippen molar-refractivity contribution < 1.29 is 29.3 Å². The molecule has 358 valence electrons. The zero-order valence-electron chi connectivity index (χ0n) is 39.0. The number of nitrogens with zero attached hydrogens (tertiary/aromatic N) is 3. The quantitative estimate of drug-likeness (QED) is 0.142. The molecule has 5 fully saturated rings. The van der Waals surface area contributed by atoms with E-state index in [-0.39, 0.29) is 40.6 Å². The number of aliphatic hydroxyl groups excluding tert-OH is 1. The van der Waals surface area contributed by atoms with E-state index in [9.17, 15) is 19.8 Å². The molecule has 1 aromatic heterocycles. The van der Waals surface area contributed by atoms with Gasteiger partial charge in [-0.1, -0.05) is 66.2 Å².